The average molecular weight is 373 g/mol. The van der Waals surface area contributed by atoms with Gasteiger partial charge in [0.25, 0.3) is 5.91 Å². The van der Waals surface area contributed by atoms with E-state index in [9.17, 15) is 14.0 Å². The van der Waals surface area contributed by atoms with Gasteiger partial charge in [-0.3, -0.25) is 4.79 Å². The Kier molecular flexibility index (Phi) is 5.15. The summed E-state index contributed by atoms with van der Waals surface area (Å²) in [5, 5.41) is 11.6. The monoisotopic (exact) mass is 372 g/mol. The van der Waals surface area contributed by atoms with Gasteiger partial charge >= 0.3 is 5.97 Å². The second-order valence-electron chi connectivity index (χ2n) is 4.52. The molecule has 6 nitrogen and oxygen atoms in total. The summed E-state index contributed by atoms with van der Waals surface area (Å²) in [7, 11) is 1.20. The fraction of sp³-hybridized carbons (Fsp3) is 0.286. The number of β-amino-alcohol motifs (C(OH)–C–C–N with tert-alkyl or cyclic N) is 1. The molecule has 0 unspecified atom stereocenters. The van der Waals surface area contributed by atoms with Crippen LogP contribution >= 0.6 is 15.9 Å². The molecule has 0 radical (unpaired) electrons. The number of aliphatic hydroxyl groups is 1. The Morgan fingerprint density at radius 3 is 2.86 bits per heavy atom. The van der Waals surface area contributed by atoms with Gasteiger partial charge in [0, 0.05) is 11.0 Å². The first-order chi connectivity index (χ1) is 10.5. The van der Waals surface area contributed by atoms with Gasteiger partial charge in [-0.05, 0) is 28.1 Å². The zero-order chi connectivity index (χ0) is 16.3. The number of aliphatic hydroxyl groups excluding tert-OH is 1. The molecule has 1 heterocycles. The number of nitrogens with one attached hydrogen (secondary N) is 1. The number of ether oxygens (including phenoxy) is 1. The van der Waals surface area contributed by atoms with Gasteiger partial charge in [0.05, 0.1) is 31.5 Å². The van der Waals surface area contributed by atoms with Crippen LogP contribution in [0.1, 0.15) is 0 Å². The summed E-state index contributed by atoms with van der Waals surface area (Å²) in [5.74, 6) is -1.74. The predicted molar refractivity (Wildman–Crippen MR) is 80.4 cm³/mol. The lowest BCUT2D eigenvalue weighted by Crippen LogP contribution is -2.31. The molecule has 2 rings (SSSR count). The van der Waals surface area contributed by atoms with Crippen LogP contribution in [-0.4, -0.2) is 48.7 Å². The summed E-state index contributed by atoms with van der Waals surface area (Å²) >= 11 is 3.19. The van der Waals surface area contributed by atoms with E-state index in [1.165, 1.54) is 24.1 Å². The van der Waals surface area contributed by atoms with E-state index in [1.54, 1.807) is 6.07 Å². The third-order valence-electron chi connectivity index (χ3n) is 3.17. The number of hydrogen-bond donors (Lipinski definition) is 2. The normalized spacial score (nSPS) is 14.5. The largest absolute Gasteiger partial charge is 0.466 e. The molecule has 0 aliphatic carbocycles. The first kappa shape index (κ1) is 16.4. The Bertz CT molecular complexity index is 627. The Balaban J connectivity index is 2.39. The van der Waals surface area contributed by atoms with Crippen LogP contribution in [0.2, 0.25) is 0 Å². The minimum atomic E-state index is -0.677. The number of hydrogen-bond acceptors (Lipinski definition) is 5. The van der Waals surface area contributed by atoms with E-state index < -0.39 is 17.7 Å². The molecule has 1 aliphatic heterocycles. The smallest absolute Gasteiger partial charge is 0.337 e. The first-order valence-corrected chi connectivity index (χ1v) is 7.21. The lowest BCUT2D eigenvalue weighted by atomic mass is 10.2. The molecule has 1 aromatic rings. The average Bonchev–Trinajstić information content (AvgIpc) is 2.80. The van der Waals surface area contributed by atoms with Crippen molar-refractivity contribution in [3.63, 3.8) is 0 Å². The van der Waals surface area contributed by atoms with Crippen molar-refractivity contribution in [1.29, 1.82) is 0 Å². The molecule has 8 heteroatoms. The summed E-state index contributed by atoms with van der Waals surface area (Å²) in [6.07, 6.45) is 0. The van der Waals surface area contributed by atoms with Crippen molar-refractivity contribution < 1.29 is 23.8 Å². The minimum Gasteiger partial charge on any atom is -0.466 e. The molecule has 118 valence electrons. The molecule has 0 spiro atoms. The Morgan fingerprint density at radius 1 is 1.55 bits per heavy atom. The summed E-state index contributed by atoms with van der Waals surface area (Å²) in [6, 6.07) is 4.35. The van der Waals surface area contributed by atoms with Crippen LogP contribution in [0.3, 0.4) is 0 Å². The second-order valence-corrected chi connectivity index (χ2v) is 5.37. The molecule has 1 aromatic carbocycles. The van der Waals surface area contributed by atoms with Gasteiger partial charge in [0.2, 0.25) is 0 Å². The van der Waals surface area contributed by atoms with Crippen LogP contribution in [0.15, 0.2) is 33.9 Å². The Morgan fingerprint density at radius 2 is 2.27 bits per heavy atom. The standard InChI is InChI=1S/C14H14BrFN2O4/c1-22-14(21)8-7-18(5-6-19)13(20)11(8)17-12-9(15)3-2-4-10(12)16/h2-4,17,19H,5-7H2,1H3. The van der Waals surface area contributed by atoms with Crippen LogP contribution in [0.25, 0.3) is 0 Å². The number of amides is 1. The van der Waals surface area contributed by atoms with E-state index in [1.807, 2.05) is 0 Å². The van der Waals surface area contributed by atoms with Crippen molar-refractivity contribution in [3.05, 3.63) is 39.8 Å². The van der Waals surface area contributed by atoms with Gasteiger partial charge in [-0.1, -0.05) is 6.07 Å². The van der Waals surface area contributed by atoms with Crippen molar-refractivity contribution in [3.8, 4) is 0 Å². The molecule has 0 fully saturated rings. The highest BCUT2D eigenvalue weighted by molar-refractivity contribution is 9.10. The predicted octanol–water partition coefficient (Wildman–Crippen LogP) is 1.26. The van der Waals surface area contributed by atoms with E-state index in [4.69, 9.17) is 5.11 Å². The fourth-order valence-electron chi connectivity index (χ4n) is 2.09. The third kappa shape index (κ3) is 3.12. The highest BCUT2D eigenvalue weighted by atomic mass is 79.9. The molecular formula is C14H14BrFN2O4. The van der Waals surface area contributed by atoms with Gasteiger partial charge in [0.1, 0.15) is 11.5 Å². The van der Waals surface area contributed by atoms with E-state index in [-0.39, 0.29) is 36.7 Å². The van der Waals surface area contributed by atoms with Crippen LogP contribution in [-0.2, 0) is 14.3 Å². The van der Waals surface area contributed by atoms with E-state index in [0.29, 0.717) is 4.47 Å². The first-order valence-electron chi connectivity index (χ1n) is 6.42. The molecule has 0 atom stereocenters. The number of anilines is 1. The summed E-state index contributed by atoms with van der Waals surface area (Å²) in [5.41, 5.74) is 0.0975. The lowest BCUT2D eigenvalue weighted by Gasteiger charge is -2.15. The molecule has 2 N–H and O–H groups in total. The van der Waals surface area contributed by atoms with Crippen LogP contribution in [0, 0.1) is 5.82 Å². The number of halogens is 2. The van der Waals surface area contributed by atoms with Crippen molar-refractivity contribution in [2.75, 3.05) is 32.1 Å². The zero-order valence-electron chi connectivity index (χ0n) is 11.7. The van der Waals surface area contributed by atoms with Gasteiger partial charge in [0.15, 0.2) is 0 Å². The van der Waals surface area contributed by atoms with E-state index >= 15 is 0 Å². The van der Waals surface area contributed by atoms with Gasteiger partial charge in [-0.15, -0.1) is 0 Å². The Hall–Kier alpha value is -1.93. The van der Waals surface area contributed by atoms with Gasteiger partial charge in [-0.25, -0.2) is 9.18 Å². The number of esters is 1. The molecule has 1 aliphatic rings. The highest BCUT2D eigenvalue weighted by Gasteiger charge is 2.35. The number of para-hydroxylation sites is 1. The van der Waals surface area contributed by atoms with Crippen molar-refractivity contribution >= 4 is 33.5 Å². The number of benzene rings is 1. The minimum absolute atomic E-state index is 0.000468. The van der Waals surface area contributed by atoms with E-state index in [0.717, 1.165) is 0 Å². The summed E-state index contributed by atoms with van der Waals surface area (Å²) in [6.45, 7) is -0.166. The summed E-state index contributed by atoms with van der Waals surface area (Å²) < 4.78 is 19.0. The number of carbonyl (C=O) groups excluding carboxylic acids is 2. The van der Waals surface area contributed by atoms with E-state index in [2.05, 4.69) is 26.0 Å². The molecule has 0 aromatic heterocycles. The quantitative estimate of drug-likeness (QED) is 0.760. The molecule has 1 amide bonds. The van der Waals surface area contributed by atoms with Crippen LogP contribution in [0.4, 0.5) is 10.1 Å². The molecular weight excluding hydrogens is 359 g/mol. The van der Waals surface area contributed by atoms with Gasteiger partial charge in [-0.2, -0.15) is 0 Å². The number of carbonyl (C=O) groups is 2. The van der Waals surface area contributed by atoms with Crippen molar-refractivity contribution in [1.82, 2.24) is 4.90 Å². The molecule has 0 saturated carbocycles. The van der Waals surface area contributed by atoms with Crippen LogP contribution < -0.4 is 5.32 Å². The maximum atomic E-state index is 13.9. The number of methoxy groups -OCH3 is 1. The topological polar surface area (TPSA) is 78.9 Å². The maximum absolute atomic E-state index is 13.9. The lowest BCUT2D eigenvalue weighted by molar-refractivity contribution is -0.136. The number of rotatable bonds is 5. The molecule has 22 heavy (non-hydrogen) atoms. The third-order valence-corrected chi connectivity index (χ3v) is 3.83. The maximum Gasteiger partial charge on any atom is 0.337 e. The van der Waals surface area contributed by atoms with Crippen molar-refractivity contribution in [2.45, 2.75) is 0 Å². The zero-order valence-corrected chi connectivity index (χ0v) is 13.3. The summed E-state index contributed by atoms with van der Waals surface area (Å²) in [4.78, 5) is 25.4. The number of nitrogens with zero attached hydrogens (tertiary/aromatic N) is 1. The second kappa shape index (κ2) is 6.89. The fourth-order valence-corrected chi connectivity index (χ4v) is 2.53. The van der Waals surface area contributed by atoms with Crippen LogP contribution in [0.5, 0.6) is 0 Å². The Labute approximate surface area is 134 Å². The SMILES string of the molecule is COC(=O)C1=C(Nc2c(F)cccc2Br)C(=O)N(CCO)C1. The molecule has 0 saturated heterocycles. The van der Waals surface area contributed by atoms with Crippen molar-refractivity contribution in [2.24, 2.45) is 0 Å². The molecule has 0 bridgehead atoms. The van der Waals surface area contributed by atoms with Gasteiger partial charge < -0.3 is 20.1 Å². The highest BCUT2D eigenvalue weighted by Crippen LogP contribution is 2.29.